The molecule has 1 heteroatoms. The van der Waals surface area contributed by atoms with E-state index < -0.39 is 0 Å². The summed E-state index contributed by atoms with van der Waals surface area (Å²) >= 11 is 0. The Labute approximate surface area is 99.6 Å². The quantitative estimate of drug-likeness (QED) is 0.662. The van der Waals surface area contributed by atoms with Gasteiger partial charge in [0.25, 0.3) is 0 Å². The topological polar surface area (TPSA) is 20.2 Å². The van der Waals surface area contributed by atoms with E-state index in [-0.39, 0.29) is 11.5 Å². The first-order valence-corrected chi connectivity index (χ1v) is 7.13. The van der Waals surface area contributed by atoms with Crippen molar-refractivity contribution in [3.8, 4) is 0 Å². The Bertz CT molecular complexity index is 301. The molecule has 1 spiro atoms. The molecule has 3 unspecified atom stereocenters. The van der Waals surface area contributed by atoms with Crippen LogP contribution in [0.4, 0.5) is 0 Å². The number of aliphatic hydroxyl groups is 1. The molecular weight excluding hydrogens is 196 g/mol. The van der Waals surface area contributed by atoms with Gasteiger partial charge in [-0.25, -0.2) is 0 Å². The molecule has 3 saturated carbocycles. The van der Waals surface area contributed by atoms with Crippen molar-refractivity contribution in [2.75, 3.05) is 0 Å². The lowest BCUT2D eigenvalue weighted by Crippen LogP contribution is -2.45. The van der Waals surface area contributed by atoms with Gasteiger partial charge in [0.1, 0.15) is 0 Å². The van der Waals surface area contributed by atoms with E-state index >= 15 is 0 Å². The molecule has 3 aliphatic carbocycles. The summed E-state index contributed by atoms with van der Waals surface area (Å²) in [5.74, 6) is 0.778. The van der Waals surface area contributed by atoms with E-state index in [1.165, 1.54) is 44.9 Å². The average Bonchev–Trinajstić information content (AvgIpc) is 2.55. The molecule has 16 heavy (non-hydrogen) atoms. The second-order valence-electron chi connectivity index (χ2n) is 7.43. The smallest absolute Gasteiger partial charge is 0.0657 e. The molecule has 3 rings (SSSR count). The molecule has 0 aromatic carbocycles. The van der Waals surface area contributed by atoms with Gasteiger partial charge < -0.3 is 5.11 Å². The fourth-order valence-electron chi connectivity index (χ4n) is 5.68. The van der Waals surface area contributed by atoms with Gasteiger partial charge in [-0.2, -0.15) is 0 Å². The van der Waals surface area contributed by atoms with E-state index in [0.717, 1.165) is 5.92 Å². The van der Waals surface area contributed by atoms with Gasteiger partial charge in [-0.05, 0) is 42.4 Å². The molecule has 1 nitrogen and oxygen atoms in total. The lowest BCUT2D eigenvalue weighted by atomic mass is 9.61. The highest BCUT2D eigenvalue weighted by Crippen LogP contribution is 2.74. The van der Waals surface area contributed by atoms with Crippen LogP contribution in [0, 0.1) is 22.2 Å². The van der Waals surface area contributed by atoms with E-state index in [9.17, 15) is 5.11 Å². The van der Waals surface area contributed by atoms with E-state index in [2.05, 4.69) is 20.8 Å². The zero-order valence-corrected chi connectivity index (χ0v) is 11.1. The van der Waals surface area contributed by atoms with Crippen LogP contribution in [0.1, 0.15) is 65.7 Å². The molecule has 3 fully saturated rings. The summed E-state index contributed by atoms with van der Waals surface area (Å²) in [5.41, 5.74) is 0.841. The van der Waals surface area contributed by atoms with Crippen LogP contribution in [0.5, 0.6) is 0 Å². The van der Waals surface area contributed by atoms with Crippen molar-refractivity contribution in [1.82, 2.24) is 0 Å². The van der Waals surface area contributed by atoms with Crippen molar-refractivity contribution in [2.45, 2.75) is 71.8 Å². The van der Waals surface area contributed by atoms with Crippen molar-refractivity contribution in [3.05, 3.63) is 0 Å². The summed E-state index contributed by atoms with van der Waals surface area (Å²) in [4.78, 5) is 0. The van der Waals surface area contributed by atoms with Gasteiger partial charge in [0.15, 0.2) is 0 Å². The molecule has 0 radical (unpaired) electrons. The molecule has 3 aliphatic rings. The maximum absolute atomic E-state index is 10.9. The number of rotatable bonds is 0. The second-order valence-corrected chi connectivity index (χ2v) is 7.43. The Hall–Kier alpha value is -0.0400. The monoisotopic (exact) mass is 222 g/mol. The van der Waals surface area contributed by atoms with Crippen LogP contribution in [0.25, 0.3) is 0 Å². The van der Waals surface area contributed by atoms with E-state index in [1.54, 1.807) is 0 Å². The minimum Gasteiger partial charge on any atom is -0.392 e. The Balaban J connectivity index is 2.04. The summed E-state index contributed by atoms with van der Waals surface area (Å²) < 4.78 is 0. The van der Waals surface area contributed by atoms with Crippen LogP contribution in [0.2, 0.25) is 0 Å². The zero-order chi connectivity index (χ0) is 11.6. The summed E-state index contributed by atoms with van der Waals surface area (Å²) in [6, 6.07) is 0. The van der Waals surface area contributed by atoms with Gasteiger partial charge in [0, 0.05) is 5.41 Å². The molecule has 2 bridgehead atoms. The predicted octanol–water partition coefficient (Wildman–Crippen LogP) is 3.75. The van der Waals surface area contributed by atoms with Crippen LogP contribution in [-0.4, -0.2) is 11.2 Å². The SMILES string of the molecule is CC1(C)C2CCC1(C)C(O)C21CCCCC1. The van der Waals surface area contributed by atoms with Gasteiger partial charge in [0.05, 0.1) is 6.10 Å². The molecule has 0 saturated heterocycles. The van der Waals surface area contributed by atoms with Crippen molar-refractivity contribution in [3.63, 3.8) is 0 Å². The van der Waals surface area contributed by atoms with Crippen LogP contribution in [-0.2, 0) is 0 Å². The van der Waals surface area contributed by atoms with E-state index in [1.807, 2.05) is 0 Å². The second kappa shape index (κ2) is 3.04. The molecule has 0 heterocycles. The number of hydrogen-bond acceptors (Lipinski definition) is 1. The molecular formula is C15H26O. The minimum absolute atomic E-state index is 0.0333. The zero-order valence-electron chi connectivity index (χ0n) is 11.1. The number of hydrogen-bond donors (Lipinski definition) is 1. The minimum atomic E-state index is -0.0333. The standard InChI is InChI=1S/C15H26O/c1-13(2)11-7-10-14(13,3)12(16)15(11)8-5-4-6-9-15/h11-12,16H,4-10H2,1-3H3. The van der Waals surface area contributed by atoms with E-state index in [4.69, 9.17) is 0 Å². The molecule has 3 atom stereocenters. The Kier molecular flexibility index (Phi) is 2.11. The summed E-state index contributed by atoms with van der Waals surface area (Å²) in [6.45, 7) is 7.18. The third kappa shape index (κ3) is 0.978. The molecule has 0 aromatic heterocycles. The summed E-state index contributed by atoms with van der Waals surface area (Å²) in [6.07, 6.45) is 9.23. The average molecular weight is 222 g/mol. The third-order valence-corrected chi connectivity index (χ3v) is 6.92. The van der Waals surface area contributed by atoms with Gasteiger partial charge in [-0.15, -0.1) is 0 Å². The fourth-order valence-corrected chi connectivity index (χ4v) is 5.68. The van der Waals surface area contributed by atoms with Crippen LogP contribution >= 0.6 is 0 Å². The predicted molar refractivity (Wildman–Crippen MR) is 66.1 cm³/mol. The highest BCUT2D eigenvalue weighted by Gasteiger charge is 2.71. The van der Waals surface area contributed by atoms with Gasteiger partial charge in [0.2, 0.25) is 0 Å². The van der Waals surface area contributed by atoms with Crippen molar-refractivity contribution in [2.24, 2.45) is 22.2 Å². The molecule has 0 aromatic rings. The Morgan fingerprint density at radius 2 is 1.56 bits per heavy atom. The summed E-state index contributed by atoms with van der Waals surface area (Å²) in [5, 5.41) is 10.9. The van der Waals surface area contributed by atoms with Crippen LogP contribution in [0.15, 0.2) is 0 Å². The molecule has 0 aliphatic heterocycles. The highest BCUT2D eigenvalue weighted by atomic mass is 16.3. The first-order valence-electron chi connectivity index (χ1n) is 7.13. The first-order chi connectivity index (χ1) is 7.45. The Morgan fingerprint density at radius 3 is 2.06 bits per heavy atom. The number of aliphatic hydroxyl groups excluding tert-OH is 1. The maximum Gasteiger partial charge on any atom is 0.0657 e. The van der Waals surface area contributed by atoms with Crippen LogP contribution in [0.3, 0.4) is 0 Å². The van der Waals surface area contributed by atoms with Crippen molar-refractivity contribution < 1.29 is 5.11 Å². The molecule has 0 amide bonds. The van der Waals surface area contributed by atoms with E-state index in [0.29, 0.717) is 10.8 Å². The van der Waals surface area contributed by atoms with Crippen LogP contribution < -0.4 is 0 Å². The van der Waals surface area contributed by atoms with Gasteiger partial charge in [-0.1, -0.05) is 40.0 Å². The Morgan fingerprint density at radius 1 is 0.938 bits per heavy atom. The van der Waals surface area contributed by atoms with Crippen molar-refractivity contribution >= 4 is 0 Å². The lowest BCUT2D eigenvalue weighted by molar-refractivity contribution is -0.0760. The van der Waals surface area contributed by atoms with Crippen molar-refractivity contribution in [1.29, 1.82) is 0 Å². The molecule has 1 N–H and O–H groups in total. The molecule has 92 valence electrons. The van der Waals surface area contributed by atoms with Gasteiger partial charge in [-0.3, -0.25) is 0 Å². The normalized spacial score (nSPS) is 48.8. The summed E-state index contributed by atoms with van der Waals surface area (Å²) in [7, 11) is 0. The van der Waals surface area contributed by atoms with Gasteiger partial charge >= 0.3 is 0 Å². The third-order valence-electron chi connectivity index (χ3n) is 6.92. The fraction of sp³-hybridized carbons (Fsp3) is 1.00. The highest BCUT2D eigenvalue weighted by molar-refractivity contribution is 5.20. The maximum atomic E-state index is 10.9. The number of fused-ring (bicyclic) bond motifs is 3. The largest absolute Gasteiger partial charge is 0.392 e. The lowest BCUT2D eigenvalue weighted by Gasteiger charge is -2.46. The first kappa shape index (κ1) is 11.1.